The molecular weight excluding hydrogens is 368 g/mol. The Balaban J connectivity index is 1.54. The summed E-state index contributed by atoms with van der Waals surface area (Å²) in [4.78, 5) is 0.708. The number of benzene rings is 2. The molecule has 126 valence electrons. The first-order chi connectivity index (χ1) is 12.8. The van der Waals surface area contributed by atoms with Crippen molar-refractivity contribution in [1.29, 1.82) is 0 Å². The van der Waals surface area contributed by atoms with Crippen LogP contribution in [-0.2, 0) is 0 Å². The van der Waals surface area contributed by atoms with Crippen LogP contribution in [-0.4, -0.2) is 19.8 Å². The van der Waals surface area contributed by atoms with Crippen LogP contribution in [0.2, 0.25) is 5.02 Å². The second-order valence-electron chi connectivity index (χ2n) is 5.66. The van der Waals surface area contributed by atoms with Crippen molar-refractivity contribution in [3.8, 4) is 11.6 Å². The second kappa shape index (κ2) is 6.09. The Labute approximate surface area is 157 Å². The Kier molecular flexibility index (Phi) is 3.58. The van der Waals surface area contributed by atoms with Crippen LogP contribution in [0.3, 0.4) is 0 Å². The van der Waals surface area contributed by atoms with Crippen molar-refractivity contribution in [3.63, 3.8) is 0 Å². The first-order valence-electron chi connectivity index (χ1n) is 7.92. The van der Waals surface area contributed by atoms with Crippen LogP contribution in [0.4, 0.5) is 0 Å². The molecule has 0 bridgehead atoms. The van der Waals surface area contributed by atoms with Gasteiger partial charge in [-0.1, -0.05) is 65.4 Å². The molecule has 0 saturated heterocycles. The van der Waals surface area contributed by atoms with Gasteiger partial charge in [0.15, 0.2) is 5.76 Å². The summed E-state index contributed by atoms with van der Waals surface area (Å²) >= 11 is 7.64. The van der Waals surface area contributed by atoms with Gasteiger partial charge in [-0.3, -0.25) is 0 Å². The average molecular weight is 379 g/mol. The molecule has 0 unspecified atom stereocenters. The molecule has 5 rings (SSSR count). The molecule has 0 aliphatic rings. The molecule has 0 aliphatic heterocycles. The van der Waals surface area contributed by atoms with Gasteiger partial charge in [0.05, 0.1) is 0 Å². The number of aromatic nitrogens is 4. The summed E-state index contributed by atoms with van der Waals surface area (Å²) in [7, 11) is 0. The first kappa shape index (κ1) is 15.3. The third-order valence-electron chi connectivity index (χ3n) is 3.96. The first-order valence-corrected chi connectivity index (χ1v) is 9.11. The van der Waals surface area contributed by atoms with Crippen LogP contribution >= 0.6 is 22.9 Å². The summed E-state index contributed by atoms with van der Waals surface area (Å²) in [6, 6.07) is 17.5. The van der Waals surface area contributed by atoms with Gasteiger partial charge in [-0.15, -0.1) is 10.2 Å². The lowest BCUT2D eigenvalue weighted by atomic mass is 10.2. The fraction of sp³-hybridized carbons (Fsp3) is 0. The highest BCUT2D eigenvalue weighted by atomic mass is 35.5. The Morgan fingerprint density at radius 2 is 1.85 bits per heavy atom. The number of para-hydroxylation sites is 1. The number of fused-ring (bicyclic) bond motifs is 2. The highest BCUT2D eigenvalue weighted by Gasteiger charge is 2.16. The molecular formula is C19H11ClN4OS. The maximum atomic E-state index is 6.18. The van der Waals surface area contributed by atoms with E-state index in [4.69, 9.17) is 16.0 Å². The molecule has 0 aliphatic carbocycles. The molecule has 5 nitrogen and oxygen atoms in total. The van der Waals surface area contributed by atoms with E-state index in [-0.39, 0.29) is 0 Å². The molecule has 0 spiro atoms. The minimum atomic E-state index is 0.588. The number of halogens is 1. The Hall–Kier alpha value is -2.96. The fourth-order valence-electron chi connectivity index (χ4n) is 2.72. The zero-order valence-corrected chi connectivity index (χ0v) is 14.9. The van der Waals surface area contributed by atoms with E-state index >= 15 is 0 Å². The summed E-state index contributed by atoms with van der Waals surface area (Å²) in [6.45, 7) is 0. The standard InChI is InChI=1S/C19H11ClN4OS/c20-14-7-3-1-5-12(14)9-10-17-23-24-18(21-22-19(24)26-17)16-11-13-6-2-4-8-15(13)25-16/h1-11H/b10-9+. The predicted octanol–water partition coefficient (Wildman–Crippen LogP) is 5.42. The summed E-state index contributed by atoms with van der Waals surface area (Å²) < 4.78 is 7.58. The molecule has 0 fully saturated rings. The second-order valence-corrected chi connectivity index (χ2v) is 7.06. The normalized spacial score (nSPS) is 11.9. The third-order valence-corrected chi connectivity index (χ3v) is 5.17. The maximum absolute atomic E-state index is 6.18. The quantitative estimate of drug-likeness (QED) is 0.420. The van der Waals surface area contributed by atoms with Crippen LogP contribution in [0.1, 0.15) is 10.6 Å². The largest absolute Gasteiger partial charge is 0.453 e. The number of hydrogen-bond donors (Lipinski definition) is 0. The zero-order chi connectivity index (χ0) is 17.5. The lowest BCUT2D eigenvalue weighted by Crippen LogP contribution is -1.89. The minimum absolute atomic E-state index is 0.588. The van der Waals surface area contributed by atoms with E-state index in [0.29, 0.717) is 21.6 Å². The molecule has 0 atom stereocenters. The van der Waals surface area contributed by atoms with Gasteiger partial charge in [-0.05, 0) is 29.8 Å². The smallest absolute Gasteiger partial charge is 0.235 e. The van der Waals surface area contributed by atoms with E-state index in [9.17, 15) is 0 Å². The van der Waals surface area contributed by atoms with Crippen molar-refractivity contribution in [3.05, 3.63) is 70.2 Å². The lowest BCUT2D eigenvalue weighted by molar-refractivity contribution is 0.622. The number of nitrogens with zero attached hydrogens (tertiary/aromatic N) is 4. The van der Waals surface area contributed by atoms with E-state index in [1.54, 1.807) is 4.52 Å². The van der Waals surface area contributed by atoms with Crippen molar-refractivity contribution >= 4 is 51.0 Å². The Morgan fingerprint density at radius 1 is 1.00 bits per heavy atom. The third kappa shape index (κ3) is 2.60. The Morgan fingerprint density at radius 3 is 2.73 bits per heavy atom. The van der Waals surface area contributed by atoms with Gasteiger partial charge < -0.3 is 4.42 Å². The molecule has 0 amide bonds. The van der Waals surface area contributed by atoms with E-state index in [0.717, 1.165) is 21.5 Å². The maximum Gasteiger partial charge on any atom is 0.235 e. The van der Waals surface area contributed by atoms with Crippen molar-refractivity contribution in [1.82, 2.24) is 19.8 Å². The van der Waals surface area contributed by atoms with Crippen molar-refractivity contribution in [2.45, 2.75) is 0 Å². The van der Waals surface area contributed by atoms with Crippen LogP contribution in [0.15, 0.2) is 59.0 Å². The van der Waals surface area contributed by atoms with Gasteiger partial charge in [0, 0.05) is 10.4 Å². The van der Waals surface area contributed by atoms with E-state index in [1.165, 1.54) is 11.3 Å². The minimum Gasteiger partial charge on any atom is -0.453 e. The highest BCUT2D eigenvalue weighted by Crippen LogP contribution is 2.28. The molecule has 7 heteroatoms. The van der Waals surface area contributed by atoms with Gasteiger partial charge in [0.2, 0.25) is 10.8 Å². The van der Waals surface area contributed by atoms with Gasteiger partial charge >= 0.3 is 0 Å². The number of rotatable bonds is 3. The number of furan rings is 1. The topological polar surface area (TPSA) is 56.2 Å². The van der Waals surface area contributed by atoms with E-state index in [2.05, 4.69) is 15.3 Å². The molecule has 0 saturated carbocycles. The summed E-state index contributed by atoms with van der Waals surface area (Å²) in [5, 5.41) is 15.5. The average Bonchev–Trinajstić information content (AvgIpc) is 3.34. The van der Waals surface area contributed by atoms with E-state index < -0.39 is 0 Å². The van der Waals surface area contributed by atoms with Crippen LogP contribution in [0, 0.1) is 0 Å². The van der Waals surface area contributed by atoms with Gasteiger partial charge in [0.1, 0.15) is 10.6 Å². The van der Waals surface area contributed by atoms with Crippen molar-refractivity contribution in [2.24, 2.45) is 0 Å². The molecule has 2 aromatic carbocycles. The van der Waals surface area contributed by atoms with Gasteiger partial charge in [-0.25, -0.2) is 0 Å². The predicted molar refractivity (Wildman–Crippen MR) is 104 cm³/mol. The van der Waals surface area contributed by atoms with Crippen LogP contribution in [0.5, 0.6) is 0 Å². The fourth-order valence-corrected chi connectivity index (χ4v) is 3.66. The highest BCUT2D eigenvalue weighted by molar-refractivity contribution is 7.17. The lowest BCUT2D eigenvalue weighted by Gasteiger charge is -1.95. The van der Waals surface area contributed by atoms with E-state index in [1.807, 2.05) is 66.7 Å². The van der Waals surface area contributed by atoms with Gasteiger partial charge in [-0.2, -0.15) is 9.61 Å². The molecule has 3 heterocycles. The molecule has 3 aromatic heterocycles. The monoisotopic (exact) mass is 378 g/mol. The zero-order valence-electron chi connectivity index (χ0n) is 13.3. The molecule has 26 heavy (non-hydrogen) atoms. The van der Waals surface area contributed by atoms with Crippen LogP contribution in [0.25, 0.3) is 39.7 Å². The summed E-state index contributed by atoms with van der Waals surface area (Å²) in [5.41, 5.74) is 1.76. The SMILES string of the molecule is Clc1ccccc1/C=C/c1nn2c(-c3cc4ccccc4o3)nnc2s1. The molecule has 5 aromatic rings. The van der Waals surface area contributed by atoms with Crippen LogP contribution < -0.4 is 0 Å². The molecule has 0 N–H and O–H groups in total. The molecule has 0 radical (unpaired) electrons. The number of hydrogen-bond acceptors (Lipinski definition) is 5. The van der Waals surface area contributed by atoms with Gasteiger partial charge in [0.25, 0.3) is 0 Å². The summed E-state index contributed by atoms with van der Waals surface area (Å²) in [6.07, 6.45) is 3.86. The Bertz CT molecular complexity index is 1230. The van der Waals surface area contributed by atoms with Crippen molar-refractivity contribution < 1.29 is 4.42 Å². The summed E-state index contributed by atoms with van der Waals surface area (Å²) in [5.74, 6) is 1.23. The van der Waals surface area contributed by atoms with Crippen molar-refractivity contribution in [2.75, 3.05) is 0 Å².